The van der Waals surface area contributed by atoms with Crippen molar-refractivity contribution in [1.82, 2.24) is 0 Å². The van der Waals surface area contributed by atoms with Crippen LogP contribution in [0.25, 0.3) is 0 Å². The zero-order chi connectivity index (χ0) is 49.2. The monoisotopic (exact) mass is 941 g/mol. The lowest BCUT2D eigenvalue weighted by Gasteiger charge is -2.31. The summed E-state index contributed by atoms with van der Waals surface area (Å²) in [5.74, 6) is -1.48. The molecule has 2 atom stereocenters. The maximum atomic E-state index is 12.8. The van der Waals surface area contributed by atoms with Crippen LogP contribution in [-0.2, 0) is 28.6 Å². The van der Waals surface area contributed by atoms with E-state index in [-0.39, 0.29) is 36.2 Å². The smallest absolute Gasteiger partial charge is 0.362 e. The second-order valence-electron chi connectivity index (χ2n) is 19.8. The average molecular weight is 941 g/mol. The highest BCUT2D eigenvalue weighted by molar-refractivity contribution is 5.72. The number of unbranched alkanes of at least 4 members (excludes halogenated alkanes) is 26. The van der Waals surface area contributed by atoms with Crippen LogP contribution in [-0.4, -0.2) is 80.6 Å². The fourth-order valence-corrected chi connectivity index (χ4v) is 8.18. The molecule has 0 fully saturated rings. The molecule has 0 aromatic rings. The molecule has 0 aliphatic carbocycles. The first-order valence-corrected chi connectivity index (χ1v) is 27.8. The van der Waals surface area contributed by atoms with Gasteiger partial charge in [0.2, 0.25) is 0 Å². The zero-order valence-corrected chi connectivity index (χ0v) is 44.3. The van der Waals surface area contributed by atoms with E-state index >= 15 is 0 Å². The lowest BCUT2D eigenvalue weighted by Crippen LogP contribution is -2.50. The van der Waals surface area contributed by atoms with E-state index in [1.807, 2.05) is 21.1 Å². The molecule has 388 valence electrons. The minimum absolute atomic E-state index is 0.0553. The lowest BCUT2D eigenvalue weighted by molar-refractivity contribution is -0.887. The number of rotatable bonds is 50. The number of ether oxygens (including phenoxy) is 3. The van der Waals surface area contributed by atoms with Crippen LogP contribution < -0.4 is 0 Å². The Hall–Kier alpha value is -2.97. The number of hydrogen-bond donors (Lipinski definition) is 1. The van der Waals surface area contributed by atoms with Gasteiger partial charge in [0.25, 0.3) is 0 Å². The van der Waals surface area contributed by atoms with E-state index < -0.39 is 18.1 Å². The van der Waals surface area contributed by atoms with E-state index in [0.29, 0.717) is 19.3 Å². The van der Waals surface area contributed by atoms with Gasteiger partial charge in [-0.2, -0.15) is 0 Å². The van der Waals surface area contributed by atoms with Gasteiger partial charge in [0, 0.05) is 19.3 Å². The number of quaternary nitrogens is 1. The van der Waals surface area contributed by atoms with Gasteiger partial charge in [-0.05, 0) is 57.8 Å². The van der Waals surface area contributed by atoms with Gasteiger partial charge >= 0.3 is 17.9 Å². The van der Waals surface area contributed by atoms with Crippen LogP contribution in [0, 0.1) is 0 Å². The molecule has 0 radical (unpaired) electrons. The molecule has 0 aliphatic heterocycles. The number of likely N-dealkylation sites (N-methyl/N-ethyl adjacent to an activating group) is 1. The highest BCUT2D eigenvalue weighted by atomic mass is 16.6. The molecule has 0 heterocycles. The van der Waals surface area contributed by atoms with Gasteiger partial charge in [0.05, 0.1) is 34.4 Å². The summed E-state index contributed by atoms with van der Waals surface area (Å²) in [6.07, 6.45) is 62.8. The standard InChI is InChI=1S/C59H105NO7/c1-6-8-10-12-14-16-18-20-22-24-26-28-30-32-34-36-38-40-42-44-46-48-50-58(62)67-55(53-65-52-51-56(59(63)64)60(3,4)5)54-66-57(61)49-47-45-43-41-39-37-35-33-31-29-27-25-23-21-19-17-15-13-11-9-7-2/h8,10,14,16,20,22,26,28,32,34,55-56H,6-7,9,11-13,15,17-19,21,23-25,27,29-31,33,35-54H2,1-5H3/p+1/b10-8+,16-14+,22-20+,28-26+,34-32+. The molecule has 8 nitrogen and oxygen atoms in total. The quantitative estimate of drug-likeness (QED) is 0.0281. The molecular formula is C59H106NO7+. The fraction of sp³-hybridized carbons (Fsp3) is 0.780. The molecule has 67 heavy (non-hydrogen) atoms. The Morgan fingerprint density at radius 3 is 1.24 bits per heavy atom. The summed E-state index contributed by atoms with van der Waals surface area (Å²) in [4.78, 5) is 37.3. The molecule has 1 N–H and O–H groups in total. The van der Waals surface area contributed by atoms with E-state index in [4.69, 9.17) is 14.2 Å². The number of carboxylic acid groups (broad SMARTS) is 1. The number of nitrogens with zero attached hydrogens (tertiary/aromatic N) is 1. The maximum Gasteiger partial charge on any atom is 0.362 e. The van der Waals surface area contributed by atoms with Crippen molar-refractivity contribution in [2.75, 3.05) is 41.0 Å². The number of aliphatic carboxylic acids is 1. The van der Waals surface area contributed by atoms with Crippen LogP contribution in [0.3, 0.4) is 0 Å². The fourth-order valence-electron chi connectivity index (χ4n) is 8.18. The van der Waals surface area contributed by atoms with Crippen LogP contribution in [0.15, 0.2) is 60.8 Å². The molecule has 0 aromatic heterocycles. The van der Waals surface area contributed by atoms with Crippen LogP contribution in [0.4, 0.5) is 0 Å². The number of hydrogen-bond acceptors (Lipinski definition) is 6. The van der Waals surface area contributed by atoms with Crippen LogP contribution in [0.5, 0.6) is 0 Å². The van der Waals surface area contributed by atoms with Crippen molar-refractivity contribution in [2.45, 2.75) is 257 Å². The first-order chi connectivity index (χ1) is 32.6. The number of carbonyl (C=O) groups is 3. The normalized spacial score (nSPS) is 13.3. The number of carbonyl (C=O) groups excluding carboxylic acids is 2. The van der Waals surface area contributed by atoms with Gasteiger partial charge in [0.1, 0.15) is 6.61 Å². The number of esters is 2. The number of allylic oxidation sites excluding steroid dienone is 10. The van der Waals surface area contributed by atoms with E-state index in [1.165, 1.54) is 128 Å². The summed E-state index contributed by atoms with van der Waals surface area (Å²) in [7, 11) is 5.54. The van der Waals surface area contributed by atoms with Crippen molar-refractivity contribution >= 4 is 17.9 Å². The minimum atomic E-state index is -0.876. The molecule has 0 bridgehead atoms. The lowest BCUT2D eigenvalue weighted by atomic mass is 10.0. The minimum Gasteiger partial charge on any atom is -0.477 e. The maximum absolute atomic E-state index is 12.8. The van der Waals surface area contributed by atoms with Gasteiger partial charge in [-0.3, -0.25) is 9.59 Å². The van der Waals surface area contributed by atoms with E-state index in [0.717, 1.165) is 83.5 Å². The predicted molar refractivity (Wildman–Crippen MR) is 284 cm³/mol. The van der Waals surface area contributed by atoms with Crippen LogP contribution in [0.2, 0.25) is 0 Å². The highest BCUT2D eigenvalue weighted by Crippen LogP contribution is 2.17. The Morgan fingerprint density at radius 1 is 0.463 bits per heavy atom. The van der Waals surface area contributed by atoms with E-state index in [2.05, 4.69) is 74.6 Å². The Labute approximate surface area is 413 Å². The third-order valence-electron chi connectivity index (χ3n) is 12.4. The van der Waals surface area contributed by atoms with Gasteiger partial charge in [-0.1, -0.05) is 229 Å². The molecule has 0 saturated heterocycles. The third-order valence-corrected chi connectivity index (χ3v) is 12.4. The highest BCUT2D eigenvalue weighted by Gasteiger charge is 2.31. The van der Waals surface area contributed by atoms with E-state index in [1.54, 1.807) is 0 Å². The second-order valence-corrected chi connectivity index (χ2v) is 19.8. The largest absolute Gasteiger partial charge is 0.477 e. The summed E-state index contributed by atoms with van der Waals surface area (Å²) in [6, 6.07) is -0.620. The summed E-state index contributed by atoms with van der Waals surface area (Å²) < 4.78 is 17.4. The SMILES string of the molecule is CC/C=C/C/C=C/C/C=C/C/C=C/C/C=C/CCCCCCCCC(=O)OC(COCCC(C(=O)O)[N+](C)(C)C)COC(=O)CCCCCCCCCCCCCCCCCCCCCCC. The average Bonchev–Trinajstić information content (AvgIpc) is 3.29. The van der Waals surface area contributed by atoms with Crippen molar-refractivity contribution < 1.29 is 38.2 Å². The van der Waals surface area contributed by atoms with Crippen molar-refractivity contribution in [3.05, 3.63) is 60.8 Å². The topological polar surface area (TPSA) is 99.1 Å². The predicted octanol–water partition coefficient (Wildman–Crippen LogP) is 16.5. The summed E-state index contributed by atoms with van der Waals surface area (Å²) >= 11 is 0. The number of carboxylic acids is 1. The van der Waals surface area contributed by atoms with Crippen molar-refractivity contribution in [3.8, 4) is 0 Å². The van der Waals surface area contributed by atoms with Crippen molar-refractivity contribution in [2.24, 2.45) is 0 Å². The Morgan fingerprint density at radius 2 is 0.836 bits per heavy atom. The van der Waals surface area contributed by atoms with Gasteiger partial charge in [-0.15, -0.1) is 0 Å². The van der Waals surface area contributed by atoms with Gasteiger partial charge < -0.3 is 23.8 Å². The summed E-state index contributed by atoms with van der Waals surface area (Å²) in [6.45, 7) is 4.64. The Balaban J connectivity index is 4.22. The molecule has 0 saturated carbocycles. The van der Waals surface area contributed by atoms with E-state index in [9.17, 15) is 19.5 Å². The van der Waals surface area contributed by atoms with Gasteiger partial charge in [-0.25, -0.2) is 4.79 Å². The Kier molecular flexibility index (Phi) is 47.3. The molecule has 0 aliphatic rings. The molecule has 0 aromatic carbocycles. The molecule has 2 unspecified atom stereocenters. The zero-order valence-electron chi connectivity index (χ0n) is 44.3. The molecule has 0 amide bonds. The summed E-state index contributed by atoms with van der Waals surface area (Å²) in [5, 5.41) is 9.67. The summed E-state index contributed by atoms with van der Waals surface area (Å²) in [5.41, 5.74) is 0. The molecular weight excluding hydrogens is 835 g/mol. The third kappa shape index (κ3) is 47.9. The molecule has 0 rings (SSSR count). The molecule has 8 heteroatoms. The van der Waals surface area contributed by atoms with Crippen molar-refractivity contribution in [1.29, 1.82) is 0 Å². The second kappa shape index (κ2) is 49.5. The van der Waals surface area contributed by atoms with Crippen LogP contribution >= 0.6 is 0 Å². The van der Waals surface area contributed by atoms with Crippen LogP contribution in [0.1, 0.15) is 245 Å². The Bertz CT molecular complexity index is 1280. The van der Waals surface area contributed by atoms with Crippen molar-refractivity contribution in [3.63, 3.8) is 0 Å². The first kappa shape index (κ1) is 64.0. The first-order valence-electron chi connectivity index (χ1n) is 27.8. The van der Waals surface area contributed by atoms with Gasteiger partial charge in [0.15, 0.2) is 12.1 Å². The molecule has 0 spiro atoms.